The van der Waals surface area contributed by atoms with E-state index >= 15 is 0 Å². The zero-order valence-corrected chi connectivity index (χ0v) is 22.4. The number of nitrogens with zero attached hydrogens (tertiary/aromatic N) is 1. The molecule has 0 saturated heterocycles. The minimum absolute atomic E-state index is 0.0362. The summed E-state index contributed by atoms with van der Waals surface area (Å²) in [6.07, 6.45) is 1.59. The second-order valence-corrected chi connectivity index (χ2v) is 9.04. The second kappa shape index (κ2) is 11.8. The molecule has 0 spiro atoms. The smallest absolute Gasteiger partial charge is 0.257 e. The first-order valence-electron chi connectivity index (χ1n) is 12.2. The Morgan fingerprint density at radius 3 is 2.23 bits per heavy atom. The van der Waals surface area contributed by atoms with Crippen LogP contribution in [0.3, 0.4) is 0 Å². The van der Waals surface area contributed by atoms with Crippen molar-refractivity contribution in [3.63, 3.8) is 0 Å². The summed E-state index contributed by atoms with van der Waals surface area (Å²) >= 11 is 5.24. The topological polar surface area (TPSA) is 81.7 Å². The summed E-state index contributed by atoms with van der Waals surface area (Å²) in [6.45, 7) is 0. The fourth-order valence-electron chi connectivity index (χ4n) is 4.10. The Labute approximate surface area is 235 Å². The number of hydrogen-bond acceptors (Lipinski definition) is 6. The summed E-state index contributed by atoms with van der Waals surface area (Å²) in [5, 5.41) is 5.94. The predicted molar refractivity (Wildman–Crippen MR) is 157 cm³/mol. The summed E-state index contributed by atoms with van der Waals surface area (Å²) in [5.41, 5.74) is 3.17. The molecule has 0 aliphatic heterocycles. The number of aromatic nitrogens is 1. The van der Waals surface area contributed by atoms with Crippen LogP contribution in [0.15, 0.2) is 97.2 Å². The van der Waals surface area contributed by atoms with E-state index in [9.17, 15) is 9.18 Å². The fraction of sp³-hybridized carbons (Fsp3) is 0.0645. The van der Waals surface area contributed by atoms with Crippen LogP contribution in [-0.2, 0) is 0 Å². The van der Waals surface area contributed by atoms with Crippen molar-refractivity contribution < 1.29 is 23.4 Å². The zero-order valence-electron chi connectivity index (χ0n) is 21.6. The molecule has 7 nitrogen and oxygen atoms in total. The van der Waals surface area contributed by atoms with Gasteiger partial charge in [0.15, 0.2) is 16.6 Å². The first-order chi connectivity index (χ1) is 19.4. The van der Waals surface area contributed by atoms with E-state index in [1.54, 1.807) is 49.7 Å². The predicted octanol–water partition coefficient (Wildman–Crippen LogP) is 6.98. The molecule has 0 aliphatic carbocycles. The summed E-state index contributed by atoms with van der Waals surface area (Å²) in [7, 11) is 3.08. The van der Waals surface area contributed by atoms with Gasteiger partial charge in [-0.05, 0) is 59.7 Å². The quantitative estimate of drug-likeness (QED) is 0.211. The molecule has 2 N–H and O–H groups in total. The van der Waals surface area contributed by atoms with Gasteiger partial charge < -0.3 is 19.5 Å². The Balaban J connectivity index is 1.25. The van der Waals surface area contributed by atoms with Gasteiger partial charge in [0.25, 0.3) is 5.91 Å². The number of fused-ring (bicyclic) bond motifs is 1. The van der Waals surface area contributed by atoms with E-state index in [-0.39, 0.29) is 16.5 Å². The number of pyridine rings is 1. The zero-order chi connectivity index (χ0) is 28.1. The molecule has 40 heavy (non-hydrogen) atoms. The number of anilines is 1. The van der Waals surface area contributed by atoms with Crippen LogP contribution < -0.4 is 24.8 Å². The maximum Gasteiger partial charge on any atom is 0.257 e. The van der Waals surface area contributed by atoms with Crippen LogP contribution in [0, 0.1) is 5.82 Å². The van der Waals surface area contributed by atoms with E-state index in [1.165, 1.54) is 19.2 Å². The third kappa shape index (κ3) is 5.84. The lowest BCUT2D eigenvalue weighted by atomic mass is 10.0. The largest absolute Gasteiger partial charge is 0.493 e. The molecule has 0 unspecified atom stereocenters. The number of carbonyl (C=O) groups is 1. The van der Waals surface area contributed by atoms with E-state index in [4.69, 9.17) is 26.4 Å². The standard InChI is InChI=1S/C31H24FN3O4S/c1-37-28-17-23-26(18-29(28)38-2)33-15-14-27(23)39-22-12-13-25(24(32)16-22)34-31(40)35-30(36)21-10-8-20(9-11-21)19-6-4-3-5-7-19/h3-18H,1-2H3,(H2,34,35,36,40). The van der Waals surface area contributed by atoms with Crippen LogP contribution in [0.25, 0.3) is 22.0 Å². The number of thiocarbonyl (C=S) groups is 1. The van der Waals surface area contributed by atoms with Crippen molar-refractivity contribution in [1.82, 2.24) is 10.3 Å². The van der Waals surface area contributed by atoms with Crippen LogP contribution in [0.2, 0.25) is 0 Å². The molecule has 5 aromatic rings. The van der Waals surface area contributed by atoms with Gasteiger partial charge in [-0.25, -0.2) is 4.39 Å². The summed E-state index contributed by atoms with van der Waals surface area (Å²) in [5.74, 6) is 0.758. The average Bonchev–Trinajstić information content (AvgIpc) is 2.98. The number of nitrogens with one attached hydrogen (secondary N) is 2. The van der Waals surface area contributed by atoms with Crippen LogP contribution in [0.4, 0.5) is 10.1 Å². The molecule has 4 aromatic carbocycles. The number of benzene rings is 4. The van der Waals surface area contributed by atoms with E-state index in [1.807, 2.05) is 42.5 Å². The highest BCUT2D eigenvalue weighted by Crippen LogP contribution is 2.37. The monoisotopic (exact) mass is 553 g/mol. The third-order valence-electron chi connectivity index (χ3n) is 6.10. The number of rotatable bonds is 7. The molecule has 0 radical (unpaired) electrons. The lowest BCUT2D eigenvalue weighted by molar-refractivity contribution is 0.0977. The lowest BCUT2D eigenvalue weighted by Gasteiger charge is -2.14. The van der Waals surface area contributed by atoms with E-state index in [0.29, 0.717) is 33.7 Å². The minimum Gasteiger partial charge on any atom is -0.493 e. The van der Waals surface area contributed by atoms with Gasteiger partial charge in [-0.3, -0.25) is 15.1 Å². The van der Waals surface area contributed by atoms with Crippen LogP contribution in [0.1, 0.15) is 10.4 Å². The Morgan fingerprint density at radius 1 is 0.825 bits per heavy atom. The average molecular weight is 554 g/mol. The fourth-order valence-corrected chi connectivity index (χ4v) is 4.30. The van der Waals surface area contributed by atoms with Gasteiger partial charge >= 0.3 is 0 Å². The van der Waals surface area contributed by atoms with Crippen LogP contribution in [0.5, 0.6) is 23.0 Å². The van der Waals surface area contributed by atoms with Gasteiger partial charge in [-0.15, -0.1) is 0 Å². The Morgan fingerprint density at radius 2 is 1.52 bits per heavy atom. The SMILES string of the molecule is COc1cc2nccc(Oc3ccc(NC(=S)NC(=O)c4ccc(-c5ccccc5)cc4)c(F)c3)c2cc1OC. The third-order valence-corrected chi connectivity index (χ3v) is 6.31. The molecule has 9 heteroatoms. The van der Waals surface area contributed by atoms with Gasteiger partial charge in [0.2, 0.25) is 0 Å². The van der Waals surface area contributed by atoms with E-state index < -0.39 is 11.7 Å². The van der Waals surface area contributed by atoms with Crippen molar-refractivity contribution in [3.05, 3.63) is 109 Å². The van der Waals surface area contributed by atoms with Crippen molar-refractivity contribution in [1.29, 1.82) is 0 Å². The molecule has 0 saturated carbocycles. The number of hydrogen-bond donors (Lipinski definition) is 2. The first kappa shape index (κ1) is 26.6. The molecule has 200 valence electrons. The molecule has 1 aromatic heterocycles. The van der Waals surface area contributed by atoms with Crippen molar-refractivity contribution in [2.24, 2.45) is 0 Å². The van der Waals surface area contributed by atoms with E-state index in [0.717, 1.165) is 11.1 Å². The Bertz CT molecular complexity index is 1700. The molecule has 1 amide bonds. The van der Waals surface area contributed by atoms with Crippen molar-refractivity contribution in [2.45, 2.75) is 0 Å². The summed E-state index contributed by atoms with van der Waals surface area (Å²) in [4.78, 5) is 17.0. The molecule has 0 aliphatic rings. The maximum atomic E-state index is 14.9. The van der Waals surface area contributed by atoms with Crippen molar-refractivity contribution >= 4 is 39.8 Å². The normalized spacial score (nSPS) is 10.6. The molecular formula is C31H24FN3O4S. The molecule has 5 rings (SSSR count). The highest BCUT2D eigenvalue weighted by Gasteiger charge is 2.14. The van der Waals surface area contributed by atoms with Gasteiger partial charge in [0.05, 0.1) is 25.4 Å². The van der Waals surface area contributed by atoms with Crippen molar-refractivity contribution in [3.8, 4) is 34.1 Å². The number of methoxy groups -OCH3 is 2. The highest BCUT2D eigenvalue weighted by atomic mass is 32.1. The van der Waals surface area contributed by atoms with Crippen LogP contribution in [-0.4, -0.2) is 30.2 Å². The van der Waals surface area contributed by atoms with Crippen LogP contribution >= 0.6 is 12.2 Å². The number of amides is 1. The summed E-state index contributed by atoms with van der Waals surface area (Å²) < 4.78 is 31.6. The first-order valence-corrected chi connectivity index (χ1v) is 12.6. The van der Waals surface area contributed by atoms with E-state index in [2.05, 4.69) is 15.6 Å². The van der Waals surface area contributed by atoms with Gasteiger partial charge in [0.1, 0.15) is 17.3 Å². The van der Waals surface area contributed by atoms with Gasteiger partial charge in [0, 0.05) is 29.3 Å². The maximum absolute atomic E-state index is 14.9. The second-order valence-electron chi connectivity index (χ2n) is 8.63. The number of ether oxygens (including phenoxy) is 3. The number of halogens is 1. The molecule has 0 atom stereocenters. The molecular weight excluding hydrogens is 529 g/mol. The van der Waals surface area contributed by atoms with Crippen molar-refractivity contribution in [2.75, 3.05) is 19.5 Å². The highest BCUT2D eigenvalue weighted by molar-refractivity contribution is 7.80. The van der Waals surface area contributed by atoms with Gasteiger partial charge in [-0.1, -0.05) is 42.5 Å². The number of carbonyl (C=O) groups excluding carboxylic acids is 1. The molecule has 0 bridgehead atoms. The molecule has 0 fully saturated rings. The summed E-state index contributed by atoms with van der Waals surface area (Å²) in [6, 6.07) is 26.4. The Hall–Kier alpha value is -5.02. The Kier molecular flexibility index (Phi) is 7.84. The van der Waals surface area contributed by atoms with Gasteiger partial charge in [-0.2, -0.15) is 0 Å². The molecule has 1 heterocycles. The minimum atomic E-state index is -0.612. The lowest BCUT2D eigenvalue weighted by Crippen LogP contribution is -2.34.